The van der Waals surface area contributed by atoms with Crippen molar-refractivity contribution in [1.29, 1.82) is 0 Å². The molecule has 1 nitrogen and oxygen atoms in total. The smallest absolute Gasteiger partial charge is 0.200 e. The highest BCUT2D eigenvalue weighted by atomic mass is 19.2. The second kappa shape index (κ2) is 10.5. The average Bonchev–Trinajstić information content (AvgIpc) is 2.86. The molecule has 0 bridgehead atoms. The molecule has 1 unspecified atom stereocenters. The monoisotopic (exact) mass is 468 g/mol. The van der Waals surface area contributed by atoms with E-state index in [0.717, 1.165) is 24.0 Å². The Morgan fingerprint density at radius 1 is 0.824 bits per heavy atom. The molecule has 4 rings (SSSR count). The SMILES string of the molecule is CCOc1ccc(CCc2ccc(C3=CCC(c4ccc(C)c(F)c4F)CC3)cc2)c(F)c1F. The molecule has 0 spiro atoms. The molecule has 0 fully saturated rings. The third-order valence-corrected chi connectivity index (χ3v) is 6.59. The van der Waals surface area contributed by atoms with Crippen molar-refractivity contribution in [2.24, 2.45) is 0 Å². The highest BCUT2D eigenvalue weighted by Gasteiger charge is 2.22. The quantitative estimate of drug-likeness (QED) is 0.319. The number of halogens is 4. The standard InChI is InChI=1S/C29H28F4O/c1-3-34-25-17-15-23(27(31)29(25)33)10-7-19-5-8-20(9-6-19)21-11-13-22(14-12-21)24-16-4-18(2)26(30)28(24)32/h4-6,8-9,11,15-17,22H,3,7,10,12-14H2,1-2H3. The van der Waals surface area contributed by atoms with Crippen LogP contribution in [0.1, 0.15) is 59.9 Å². The summed E-state index contributed by atoms with van der Waals surface area (Å²) >= 11 is 0. The highest BCUT2D eigenvalue weighted by molar-refractivity contribution is 5.66. The molecule has 0 aliphatic heterocycles. The van der Waals surface area contributed by atoms with Crippen LogP contribution >= 0.6 is 0 Å². The summed E-state index contributed by atoms with van der Waals surface area (Å²) in [5, 5.41) is 0. The zero-order chi connectivity index (χ0) is 24.2. The Labute approximate surface area is 198 Å². The van der Waals surface area contributed by atoms with Gasteiger partial charge in [0.2, 0.25) is 5.82 Å². The summed E-state index contributed by atoms with van der Waals surface area (Å²) in [6, 6.07) is 14.4. The molecule has 1 aliphatic rings. The van der Waals surface area contributed by atoms with E-state index in [9.17, 15) is 17.6 Å². The molecule has 1 atom stereocenters. The zero-order valence-electron chi connectivity index (χ0n) is 19.4. The van der Waals surface area contributed by atoms with Crippen molar-refractivity contribution in [2.45, 2.75) is 51.9 Å². The van der Waals surface area contributed by atoms with E-state index < -0.39 is 23.3 Å². The molecule has 1 aliphatic carbocycles. The Kier molecular flexibility index (Phi) is 7.40. The third kappa shape index (κ3) is 5.03. The minimum atomic E-state index is -0.939. The van der Waals surface area contributed by atoms with Gasteiger partial charge in [0, 0.05) is 0 Å². The van der Waals surface area contributed by atoms with E-state index in [1.807, 2.05) is 24.3 Å². The van der Waals surface area contributed by atoms with Crippen molar-refractivity contribution in [2.75, 3.05) is 6.61 Å². The first-order chi connectivity index (χ1) is 16.4. The number of hydrogen-bond donors (Lipinski definition) is 0. The lowest BCUT2D eigenvalue weighted by Gasteiger charge is -2.23. The van der Waals surface area contributed by atoms with Gasteiger partial charge in [0.1, 0.15) is 0 Å². The van der Waals surface area contributed by atoms with E-state index in [4.69, 9.17) is 4.74 Å². The fourth-order valence-corrected chi connectivity index (χ4v) is 4.55. The maximum Gasteiger partial charge on any atom is 0.200 e. The van der Waals surface area contributed by atoms with Gasteiger partial charge >= 0.3 is 0 Å². The normalized spacial score (nSPS) is 15.8. The van der Waals surface area contributed by atoms with Crippen LogP contribution in [0.4, 0.5) is 17.6 Å². The molecule has 0 saturated carbocycles. The summed E-state index contributed by atoms with van der Waals surface area (Å²) in [5.74, 6) is -3.36. The van der Waals surface area contributed by atoms with Gasteiger partial charge in [-0.25, -0.2) is 13.2 Å². The van der Waals surface area contributed by atoms with Gasteiger partial charge in [-0.05, 0) is 91.3 Å². The first-order valence-electron chi connectivity index (χ1n) is 11.7. The molecule has 0 heterocycles. The van der Waals surface area contributed by atoms with Crippen molar-refractivity contribution < 1.29 is 22.3 Å². The summed E-state index contributed by atoms with van der Waals surface area (Å²) in [5.41, 5.74) is 4.41. The summed E-state index contributed by atoms with van der Waals surface area (Å²) in [6.07, 6.45) is 5.30. The van der Waals surface area contributed by atoms with Crippen LogP contribution in [0.15, 0.2) is 54.6 Å². The molecule has 0 radical (unpaired) electrons. The third-order valence-electron chi connectivity index (χ3n) is 6.59. The van der Waals surface area contributed by atoms with Crippen LogP contribution in [-0.2, 0) is 12.8 Å². The number of benzene rings is 3. The predicted molar refractivity (Wildman–Crippen MR) is 127 cm³/mol. The van der Waals surface area contributed by atoms with Gasteiger partial charge in [-0.1, -0.05) is 48.5 Å². The second-order valence-corrected chi connectivity index (χ2v) is 8.78. The molecule has 5 heteroatoms. The molecule has 0 saturated heterocycles. The number of hydrogen-bond acceptors (Lipinski definition) is 1. The first kappa shape index (κ1) is 24.1. The van der Waals surface area contributed by atoms with E-state index in [1.165, 1.54) is 11.6 Å². The molecule has 0 aromatic heterocycles. The van der Waals surface area contributed by atoms with Crippen molar-refractivity contribution in [3.63, 3.8) is 0 Å². The fraction of sp³-hybridized carbons (Fsp3) is 0.310. The Balaban J connectivity index is 1.39. The minimum Gasteiger partial charge on any atom is -0.491 e. The van der Waals surface area contributed by atoms with Crippen LogP contribution in [0.3, 0.4) is 0 Å². The van der Waals surface area contributed by atoms with Crippen LogP contribution in [0, 0.1) is 30.2 Å². The largest absolute Gasteiger partial charge is 0.491 e. The van der Waals surface area contributed by atoms with Crippen LogP contribution in [0.5, 0.6) is 5.75 Å². The Bertz CT molecular complexity index is 1200. The number of ether oxygens (including phenoxy) is 1. The van der Waals surface area contributed by atoms with Gasteiger partial charge in [0.15, 0.2) is 23.2 Å². The van der Waals surface area contributed by atoms with E-state index in [1.54, 1.807) is 32.0 Å². The molecule has 178 valence electrons. The zero-order valence-corrected chi connectivity index (χ0v) is 19.4. The van der Waals surface area contributed by atoms with Gasteiger partial charge in [-0.3, -0.25) is 0 Å². The maximum absolute atomic E-state index is 14.4. The average molecular weight is 469 g/mol. The molecular weight excluding hydrogens is 440 g/mol. The molecular formula is C29H28F4O. The number of aryl methyl sites for hydroxylation is 3. The van der Waals surface area contributed by atoms with Gasteiger partial charge in [0.05, 0.1) is 6.61 Å². The fourth-order valence-electron chi connectivity index (χ4n) is 4.55. The van der Waals surface area contributed by atoms with Crippen molar-refractivity contribution in [3.8, 4) is 5.75 Å². The lowest BCUT2D eigenvalue weighted by molar-refractivity contribution is 0.313. The minimum absolute atomic E-state index is 0.0254. The number of allylic oxidation sites excluding steroid dienone is 2. The van der Waals surface area contributed by atoms with Crippen molar-refractivity contribution in [3.05, 3.63) is 106 Å². The van der Waals surface area contributed by atoms with Gasteiger partial charge in [-0.2, -0.15) is 4.39 Å². The van der Waals surface area contributed by atoms with Crippen LogP contribution < -0.4 is 4.74 Å². The van der Waals surface area contributed by atoms with Gasteiger partial charge in [-0.15, -0.1) is 0 Å². The lowest BCUT2D eigenvalue weighted by atomic mass is 9.82. The summed E-state index contributed by atoms with van der Waals surface area (Å²) in [4.78, 5) is 0. The molecule has 3 aromatic carbocycles. The topological polar surface area (TPSA) is 9.23 Å². The molecule has 0 amide bonds. The molecule has 3 aromatic rings. The Hall–Kier alpha value is -3.08. The molecule has 0 N–H and O–H groups in total. The van der Waals surface area contributed by atoms with Crippen LogP contribution in [0.25, 0.3) is 5.57 Å². The van der Waals surface area contributed by atoms with E-state index >= 15 is 0 Å². The summed E-state index contributed by atoms with van der Waals surface area (Å²) in [6.45, 7) is 3.57. The van der Waals surface area contributed by atoms with Gasteiger partial charge < -0.3 is 4.74 Å². The van der Waals surface area contributed by atoms with E-state index in [2.05, 4.69) is 6.08 Å². The lowest BCUT2D eigenvalue weighted by Crippen LogP contribution is -2.08. The Morgan fingerprint density at radius 2 is 1.59 bits per heavy atom. The second-order valence-electron chi connectivity index (χ2n) is 8.78. The predicted octanol–water partition coefficient (Wildman–Crippen LogP) is 8.09. The number of rotatable bonds is 7. The van der Waals surface area contributed by atoms with Gasteiger partial charge in [0.25, 0.3) is 0 Å². The maximum atomic E-state index is 14.4. The molecule has 34 heavy (non-hydrogen) atoms. The summed E-state index contributed by atoms with van der Waals surface area (Å²) < 4.78 is 61.8. The van der Waals surface area contributed by atoms with Crippen molar-refractivity contribution >= 4 is 5.57 Å². The summed E-state index contributed by atoms with van der Waals surface area (Å²) in [7, 11) is 0. The highest BCUT2D eigenvalue weighted by Crippen LogP contribution is 2.37. The van der Waals surface area contributed by atoms with Crippen LogP contribution in [0.2, 0.25) is 0 Å². The Morgan fingerprint density at radius 3 is 2.26 bits per heavy atom. The van der Waals surface area contributed by atoms with Crippen molar-refractivity contribution in [1.82, 2.24) is 0 Å². The van der Waals surface area contributed by atoms with Crippen LogP contribution in [-0.4, -0.2) is 6.61 Å². The van der Waals surface area contributed by atoms with E-state index in [-0.39, 0.29) is 18.3 Å². The first-order valence-corrected chi connectivity index (χ1v) is 11.7. The van der Waals surface area contributed by atoms with E-state index in [0.29, 0.717) is 36.0 Å².